The number of rotatable bonds is 4. The third-order valence-electron chi connectivity index (χ3n) is 4.75. The number of hydrogen-bond acceptors (Lipinski definition) is 3. The number of carbonyl (C=O) groups excluding carboxylic acids is 2. The highest BCUT2D eigenvalue weighted by molar-refractivity contribution is 5.94. The van der Waals surface area contributed by atoms with E-state index in [4.69, 9.17) is 5.73 Å². The van der Waals surface area contributed by atoms with Gasteiger partial charge in [-0.2, -0.15) is 0 Å². The molecular weight excluding hydrogens is 350 g/mol. The van der Waals surface area contributed by atoms with Crippen LogP contribution in [0, 0.1) is 5.41 Å². The average Bonchev–Trinajstić information content (AvgIpc) is 2.58. The molecule has 0 radical (unpaired) electrons. The van der Waals surface area contributed by atoms with Crippen LogP contribution in [0.1, 0.15) is 62.9 Å². The Labute approximate surface area is 163 Å². The van der Waals surface area contributed by atoms with Crippen LogP contribution in [-0.2, 0) is 11.3 Å². The van der Waals surface area contributed by atoms with E-state index in [0.717, 1.165) is 31.4 Å². The molecule has 3 N–H and O–H groups in total. The standard InChI is InChI=1S/C20H31N3O2.ClH/c1-14(21)17-7-5-6-12-23(17)18(24)16-10-8-15(9-11-16)13-22-19(25)20(2,3)4;/h8-11,14,17H,5-7,12-13,21H2,1-4H3,(H,22,25);1H. The summed E-state index contributed by atoms with van der Waals surface area (Å²) in [7, 11) is 0. The van der Waals surface area contributed by atoms with Gasteiger partial charge in [-0.15, -0.1) is 12.4 Å². The first kappa shape index (κ1) is 22.5. The summed E-state index contributed by atoms with van der Waals surface area (Å²) in [6, 6.07) is 7.59. The molecule has 2 rings (SSSR count). The molecule has 2 atom stereocenters. The van der Waals surface area contributed by atoms with Crippen LogP contribution in [0.15, 0.2) is 24.3 Å². The molecule has 0 aromatic heterocycles. The SMILES string of the molecule is CC(N)C1CCCCN1C(=O)c1ccc(CNC(=O)C(C)(C)C)cc1.Cl. The number of likely N-dealkylation sites (tertiary alicyclic amines) is 1. The number of nitrogens with zero attached hydrogens (tertiary/aromatic N) is 1. The molecule has 5 nitrogen and oxygen atoms in total. The molecule has 1 aliphatic rings. The molecule has 0 spiro atoms. The lowest BCUT2D eigenvalue weighted by molar-refractivity contribution is -0.128. The Bertz CT molecular complexity index is 608. The van der Waals surface area contributed by atoms with Crippen molar-refractivity contribution >= 4 is 24.2 Å². The van der Waals surface area contributed by atoms with Gasteiger partial charge in [0.05, 0.1) is 0 Å². The second-order valence-corrected chi connectivity index (χ2v) is 8.05. The van der Waals surface area contributed by atoms with Crippen LogP contribution < -0.4 is 11.1 Å². The van der Waals surface area contributed by atoms with Gasteiger partial charge in [-0.05, 0) is 43.9 Å². The van der Waals surface area contributed by atoms with Crippen molar-refractivity contribution in [2.75, 3.05) is 6.54 Å². The average molecular weight is 382 g/mol. The Morgan fingerprint density at radius 3 is 2.38 bits per heavy atom. The van der Waals surface area contributed by atoms with Crippen LogP contribution in [0.2, 0.25) is 0 Å². The Morgan fingerprint density at radius 2 is 1.85 bits per heavy atom. The number of amides is 2. The van der Waals surface area contributed by atoms with Gasteiger partial charge < -0.3 is 16.0 Å². The summed E-state index contributed by atoms with van der Waals surface area (Å²) in [4.78, 5) is 26.7. The number of hydrogen-bond donors (Lipinski definition) is 2. The minimum absolute atomic E-state index is 0. The summed E-state index contributed by atoms with van der Waals surface area (Å²) in [5, 5.41) is 2.92. The Balaban J connectivity index is 0.00000338. The number of carbonyl (C=O) groups is 2. The fourth-order valence-corrected chi connectivity index (χ4v) is 3.13. The molecule has 1 aromatic rings. The van der Waals surface area contributed by atoms with Crippen LogP contribution in [-0.4, -0.2) is 35.3 Å². The van der Waals surface area contributed by atoms with Crippen molar-refractivity contribution in [3.63, 3.8) is 0 Å². The lowest BCUT2D eigenvalue weighted by atomic mass is 9.95. The molecule has 26 heavy (non-hydrogen) atoms. The molecule has 0 bridgehead atoms. The van der Waals surface area contributed by atoms with Crippen molar-refractivity contribution in [1.82, 2.24) is 10.2 Å². The van der Waals surface area contributed by atoms with Gasteiger partial charge in [0.1, 0.15) is 0 Å². The van der Waals surface area contributed by atoms with Gasteiger partial charge in [-0.1, -0.05) is 32.9 Å². The molecule has 2 unspecified atom stereocenters. The maximum atomic E-state index is 12.8. The molecule has 1 aromatic carbocycles. The lowest BCUT2D eigenvalue weighted by Gasteiger charge is -2.38. The van der Waals surface area contributed by atoms with Crippen molar-refractivity contribution in [2.45, 2.75) is 65.6 Å². The number of halogens is 1. The van der Waals surface area contributed by atoms with Gasteiger partial charge in [-0.3, -0.25) is 9.59 Å². The molecule has 0 saturated carbocycles. The topological polar surface area (TPSA) is 75.4 Å². The first-order valence-corrected chi connectivity index (χ1v) is 9.14. The largest absolute Gasteiger partial charge is 0.352 e. The van der Waals surface area contributed by atoms with E-state index in [1.54, 1.807) is 0 Å². The van der Waals surface area contributed by atoms with Crippen molar-refractivity contribution in [3.8, 4) is 0 Å². The molecule has 146 valence electrons. The third kappa shape index (κ3) is 5.71. The van der Waals surface area contributed by atoms with Gasteiger partial charge in [-0.25, -0.2) is 0 Å². The minimum Gasteiger partial charge on any atom is -0.352 e. The first-order chi connectivity index (χ1) is 11.7. The molecule has 2 amide bonds. The van der Waals surface area contributed by atoms with Crippen LogP contribution in [0.25, 0.3) is 0 Å². The van der Waals surface area contributed by atoms with Crippen molar-refractivity contribution in [3.05, 3.63) is 35.4 Å². The normalized spacial score (nSPS) is 18.7. The Hall–Kier alpha value is -1.59. The molecule has 1 aliphatic heterocycles. The van der Waals surface area contributed by atoms with E-state index in [0.29, 0.717) is 12.1 Å². The maximum Gasteiger partial charge on any atom is 0.254 e. The maximum absolute atomic E-state index is 12.8. The van der Waals surface area contributed by atoms with Crippen molar-refractivity contribution < 1.29 is 9.59 Å². The second-order valence-electron chi connectivity index (χ2n) is 8.05. The monoisotopic (exact) mass is 381 g/mol. The summed E-state index contributed by atoms with van der Waals surface area (Å²) < 4.78 is 0. The van der Waals surface area contributed by atoms with Crippen molar-refractivity contribution in [2.24, 2.45) is 11.1 Å². The highest BCUT2D eigenvalue weighted by Crippen LogP contribution is 2.22. The first-order valence-electron chi connectivity index (χ1n) is 9.14. The van der Waals surface area contributed by atoms with Crippen LogP contribution in [0.4, 0.5) is 0 Å². The molecule has 0 aliphatic carbocycles. The summed E-state index contributed by atoms with van der Waals surface area (Å²) >= 11 is 0. The summed E-state index contributed by atoms with van der Waals surface area (Å²) in [5.74, 6) is 0.0630. The summed E-state index contributed by atoms with van der Waals surface area (Å²) in [6.07, 6.45) is 3.13. The number of benzene rings is 1. The predicted molar refractivity (Wildman–Crippen MR) is 107 cm³/mol. The number of piperidine rings is 1. The zero-order valence-electron chi connectivity index (χ0n) is 16.2. The quantitative estimate of drug-likeness (QED) is 0.841. The highest BCUT2D eigenvalue weighted by atomic mass is 35.5. The van der Waals surface area contributed by atoms with Gasteiger partial charge in [0.2, 0.25) is 5.91 Å². The highest BCUT2D eigenvalue weighted by Gasteiger charge is 2.29. The smallest absolute Gasteiger partial charge is 0.254 e. The number of nitrogens with one attached hydrogen (secondary N) is 1. The fraction of sp³-hybridized carbons (Fsp3) is 0.600. The summed E-state index contributed by atoms with van der Waals surface area (Å²) in [6.45, 7) is 8.87. The van der Waals surface area contributed by atoms with Gasteiger partial charge in [0.15, 0.2) is 0 Å². The van der Waals surface area contributed by atoms with Gasteiger partial charge in [0.25, 0.3) is 5.91 Å². The van der Waals surface area contributed by atoms with E-state index >= 15 is 0 Å². The van der Waals surface area contributed by atoms with E-state index in [-0.39, 0.29) is 36.3 Å². The van der Waals surface area contributed by atoms with Gasteiger partial charge >= 0.3 is 0 Å². The van der Waals surface area contributed by atoms with Crippen LogP contribution in [0.5, 0.6) is 0 Å². The zero-order chi connectivity index (χ0) is 18.6. The van der Waals surface area contributed by atoms with E-state index < -0.39 is 5.41 Å². The molecule has 1 saturated heterocycles. The summed E-state index contributed by atoms with van der Waals surface area (Å²) in [5.41, 5.74) is 7.32. The predicted octanol–water partition coefficient (Wildman–Crippen LogP) is 3.11. The molecule has 1 fully saturated rings. The molecule has 6 heteroatoms. The Morgan fingerprint density at radius 1 is 1.23 bits per heavy atom. The zero-order valence-corrected chi connectivity index (χ0v) is 17.1. The molecule has 1 heterocycles. The second kappa shape index (κ2) is 9.38. The van der Waals surface area contributed by atoms with E-state index in [1.165, 1.54) is 0 Å². The van der Waals surface area contributed by atoms with E-state index in [9.17, 15) is 9.59 Å². The lowest BCUT2D eigenvalue weighted by Crippen LogP contribution is -2.51. The minimum atomic E-state index is -0.405. The molecular formula is C20H32ClN3O2. The Kier molecular flexibility index (Phi) is 8.10. The third-order valence-corrected chi connectivity index (χ3v) is 4.75. The van der Waals surface area contributed by atoms with Crippen molar-refractivity contribution in [1.29, 1.82) is 0 Å². The van der Waals surface area contributed by atoms with E-state index in [1.807, 2.05) is 56.9 Å². The fourth-order valence-electron chi connectivity index (χ4n) is 3.13. The van der Waals surface area contributed by atoms with E-state index in [2.05, 4.69) is 5.32 Å². The van der Waals surface area contributed by atoms with Crippen LogP contribution >= 0.6 is 12.4 Å². The number of nitrogens with two attached hydrogens (primary N) is 1. The van der Waals surface area contributed by atoms with Crippen LogP contribution in [0.3, 0.4) is 0 Å². The van der Waals surface area contributed by atoms with Gasteiger partial charge in [0, 0.05) is 36.2 Å².